The number of rotatable bonds is 8. The van der Waals surface area contributed by atoms with Gasteiger partial charge in [-0.15, -0.1) is 0 Å². The van der Waals surface area contributed by atoms with E-state index < -0.39 is 18.8 Å². The standard InChI is InChI=1S/C16H23FN4O3Si/c1-25(2,3)7-6-24-11-20-10-15(19-16(20)21(22)23)12-4-5-13(9-18)14(17)8-12/h4-5,8,10H,6-7,9,11,18H2,1-3H3. The molecule has 136 valence electrons. The number of nitro groups is 1. The Morgan fingerprint density at radius 3 is 2.68 bits per heavy atom. The van der Waals surface area contributed by atoms with Crippen LogP contribution in [0.3, 0.4) is 0 Å². The van der Waals surface area contributed by atoms with Gasteiger partial charge < -0.3 is 20.6 Å². The Morgan fingerprint density at radius 2 is 2.12 bits per heavy atom. The molecule has 0 atom stereocenters. The number of imidazole rings is 1. The molecule has 0 unspecified atom stereocenters. The molecule has 2 aromatic rings. The molecule has 2 N–H and O–H groups in total. The Balaban J connectivity index is 2.18. The third kappa shape index (κ3) is 5.18. The first-order chi connectivity index (χ1) is 11.7. The summed E-state index contributed by atoms with van der Waals surface area (Å²) in [7, 11) is -1.23. The van der Waals surface area contributed by atoms with Crippen molar-refractivity contribution in [3.63, 3.8) is 0 Å². The predicted molar refractivity (Wildman–Crippen MR) is 96.3 cm³/mol. The molecule has 0 bridgehead atoms. The van der Waals surface area contributed by atoms with Crippen molar-refractivity contribution in [2.24, 2.45) is 5.73 Å². The predicted octanol–water partition coefficient (Wildman–Crippen LogP) is 3.37. The van der Waals surface area contributed by atoms with Crippen molar-refractivity contribution in [2.75, 3.05) is 6.61 Å². The molecule has 0 radical (unpaired) electrons. The minimum absolute atomic E-state index is 0.0388. The molecular formula is C16H23FN4O3Si. The van der Waals surface area contributed by atoms with E-state index in [2.05, 4.69) is 24.6 Å². The summed E-state index contributed by atoms with van der Waals surface area (Å²) in [6.45, 7) is 7.36. The molecule has 0 amide bonds. The van der Waals surface area contributed by atoms with E-state index in [1.54, 1.807) is 12.1 Å². The van der Waals surface area contributed by atoms with Gasteiger partial charge in [0.15, 0.2) is 12.4 Å². The number of hydrogen-bond donors (Lipinski definition) is 1. The van der Waals surface area contributed by atoms with E-state index >= 15 is 0 Å². The molecular weight excluding hydrogens is 343 g/mol. The average molecular weight is 366 g/mol. The number of ether oxygens (including phenoxy) is 1. The van der Waals surface area contributed by atoms with Crippen molar-refractivity contribution in [1.82, 2.24) is 9.55 Å². The van der Waals surface area contributed by atoms with Crippen molar-refractivity contribution in [3.8, 4) is 11.3 Å². The molecule has 0 aliphatic heterocycles. The van der Waals surface area contributed by atoms with Crippen LogP contribution in [-0.4, -0.2) is 29.2 Å². The molecule has 1 aromatic carbocycles. The molecule has 0 aliphatic carbocycles. The molecule has 0 aliphatic rings. The fourth-order valence-electron chi connectivity index (χ4n) is 2.20. The first kappa shape index (κ1) is 19.2. The first-order valence-corrected chi connectivity index (χ1v) is 11.7. The fourth-order valence-corrected chi connectivity index (χ4v) is 2.96. The molecule has 0 spiro atoms. The lowest BCUT2D eigenvalue weighted by molar-refractivity contribution is -0.397. The minimum atomic E-state index is -1.23. The van der Waals surface area contributed by atoms with Gasteiger partial charge in [0.2, 0.25) is 0 Å². The Hall–Kier alpha value is -2.10. The maximum atomic E-state index is 13.9. The molecule has 2 rings (SSSR count). The number of halogens is 1. The summed E-state index contributed by atoms with van der Waals surface area (Å²) < 4.78 is 20.8. The van der Waals surface area contributed by atoms with Crippen LogP contribution in [0.2, 0.25) is 25.7 Å². The normalized spacial score (nSPS) is 11.7. The lowest BCUT2D eigenvalue weighted by atomic mass is 10.1. The summed E-state index contributed by atoms with van der Waals surface area (Å²) in [5.41, 5.74) is 6.60. The minimum Gasteiger partial charge on any atom is -0.390 e. The zero-order chi connectivity index (χ0) is 18.6. The van der Waals surface area contributed by atoms with Crippen LogP contribution in [0.15, 0.2) is 24.4 Å². The van der Waals surface area contributed by atoms with Gasteiger partial charge in [-0.1, -0.05) is 36.8 Å². The van der Waals surface area contributed by atoms with Crippen LogP contribution < -0.4 is 5.73 Å². The number of hydrogen-bond acceptors (Lipinski definition) is 5. The van der Waals surface area contributed by atoms with Crippen LogP contribution in [-0.2, 0) is 18.0 Å². The number of nitrogens with two attached hydrogens (primary N) is 1. The monoisotopic (exact) mass is 366 g/mol. The second-order valence-electron chi connectivity index (χ2n) is 7.01. The zero-order valence-electron chi connectivity index (χ0n) is 14.7. The number of nitrogens with zero attached hydrogens (tertiary/aromatic N) is 3. The molecule has 1 aromatic heterocycles. The topological polar surface area (TPSA) is 96.2 Å². The van der Waals surface area contributed by atoms with Crippen LogP contribution in [0, 0.1) is 15.9 Å². The molecule has 1 heterocycles. The van der Waals surface area contributed by atoms with Gasteiger partial charge in [-0.05, 0) is 17.0 Å². The van der Waals surface area contributed by atoms with Gasteiger partial charge in [0.25, 0.3) is 0 Å². The SMILES string of the molecule is C[Si](C)(C)CCOCn1cc(-c2ccc(CN)c(F)c2)nc1[N+](=O)[O-]. The lowest BCUT2D eigenvalue weighted by Crippen LogP contribution is -2.22. The van der Waals surface area contributed by atoms with Gasteiger partial charge in [-0.3, -0.25) is 0 Å². The van der Waals surface area contributed by atoms with Crippen molar-refractivity contribution in [2.45, 2.75) is 39.0 Å². The van der Waals surface area contributed by atoms with Crippen LogP contribution in [0.4, 0.5) is 10.3 Å². The maximum Gasteiger partial charge on any atom is 0.437 e. The summed E-state index contributed by atoms with van der Waals surface area (Å²) in [5, 5.41) is 11.2. The van der Waals surface area contributed by atoms with E-state index in [9.17, 15) is 14.5 Å². The Morgan fingerprint density at radius 1 is 1.40 bits per heavy atom. The highest BCUT2D eigenvalue weighted by atomic mass is 28.3. The fraction of sp³-hybridized carbons (Fsp3) is 0.438. The third-order valence-corrected chi connectivity index (χ3v) is 5.42. The van der Waals surface area contributed by atoms with E-state index in [1.807, 2.05) is 0 Å². The number of benzene rings is 1. The van der Waals surface area contributed by atoms with Crippen molar-refractivity contribution >= 4 is 14.0 Å². The molecule has 0 saturated heterocycles. The van der Waals surface area contributed by atoms with Crippen molar-refractivity contribution < 1.29 is 14.1 Å². The lowest BCUT2D eigenvalue weighted by Gasteiger charge is -2.14. The molecule has 0 saturated carbocycles. The first-order valence-electron chi connectivity index (χ1n) is 7.99. The Bertz CT molecular complexity index is 758. The maximum absolute atomic E-state index is 13.9. The summed E-state index contributed by atoms with van der Waals surface area (Å²) in [6, 6.07) is 5.45. The van der Waals surface area contributed by atoms with Crippen LogP contribution in [0.1, 0.15) is 5.56 Å². The largest absolute Gasteiger partial charge is 0.437 e. The van der Waals surface area contributed by atoms with Gasteiger partial charge in [0.05, 0.1) is 0 Å². The van der Waals surface area contributed by atoms with E-state index in [0.717, 1.165) is 6.04 Å². The molecule has 25 heavy (non-hydrogen) atoms. The van der Waals surface area contributed by atoms with Crippen LogP contribution in [0.5, 0.6) is 0 Å². The highest BCUT2D eigenvalue weighted by Gasteiger charge is 2.21. The number of aromatic nitrogens is 2. The Labute approximate surface area is 146 Å². The van der Waals surface area contributed by atoms with Gasteiger partial charge in [0.1, 0.15) is 12.0 Å². The van der Waals surface area contributed by atoms with Crippen LogP contribution in [0.25, 0.3) is 11.3 Å². The van der Waals surface area contributed by atoms with E-state index in [0.29, 0.717) is 23.4 Å². The highest BCUT2D eigenvalue weighted by molar-refractivity contribution is 6.76. The third-order valence-electron chi connectivity index (χ3n) is 3.71. The van der Waals surface area contributed by atoms with Gasteiger partial charge in [-0.25, -0.2) is 8.96 Å². The van der Waals surface area contributed by atoms with Gasteiger partial charge in [-0.2, -0.15) is 0 Å². The van der Waals surface area contributed by atoms with E-state index in [-0.39, 0.29) is 19.2 Å². The zero-order valence-corrected chi connectivity index (χ0v) is 15.7. The van der Waals surface area contributed by atoms with Gasteiger partial charge >= 0.3 is 5.95 Å². The molecule has 9 heteroatoms. The smallest absolute Gasteiger partial charge is 0.390 e. The summed E-state index contributed by atoms with van der Waals surface area (Å²) in [4.78, 5) is 14.6. The van der Waals surface area contributed by atoms with E-state index in [1.165, 1.54) is 16.8 Å². The molecule has 0 fully saturated rings. The quantitative estimate of drug-likeness (QED) is 0.334. The van der Waals surface area contributed by atoms with Crippen molar-refractivity contribution in [1.29, 1.82) is 0 Å². The van der Waals surface area contributed by atoms with E-state index in [4.69, 9.17) is 10.5 Å². The van der Waals surface area contributed by atoms with Gasteiger partial charge in [0, 0.05) is 32.4 Å². The Kier molecular flexibility index (Phi) is 6.04. The van der Waals surface area contributed by atoms with Crippen LogP contribution >= 0.6 is 0 Å². The summed E-state index contributed by atoms with van der Waals surface area (Å²) in [6.07, 6.45) is 1.50. The second-order valence-corrected chi connectivity index (χ2v) is 12.6. The second kappa shape index (κ2) is 7.85. The summed E-state index contributed by atoms with van der Waals surface area (Å²) >= 11 is 0. The molecule has 7 nitrogen and oxygen atoms in total. The average Bonchev–Trinajstić information content (AvgIpc) is 2.95. The summed E-state index contributed by atoms with van der Waals surface area (Å²) in [5.74, 6) is -0.782. The van der Waals surface area contributed by atoms with Crippen molar-refractivity contribution in [3.05, 3.63) is 45.9 Å². The highest BCUT2D eigenvalue weighted by Crippen LogP contribution is 2.24.